The van der Waals surface area contributed by atoms with Crippen LogP contribution in [-0.2, 0) is 0 Å². The summed E-state index contributed by atoms with van der Waals surface area (Å²) in [6, 6.07) is 9.89. The van der Waals surface area contributed by atoms with Gasteiger partial charge in [0.15, 0.2) is 5.65 Å². The van der Waals surface area contributed by atoms with Crippen molar-refractivity contribution in [3.8, 4) is 11.3 Å². The summed E-state index contributed by atoms with van der Waals surface area (Å²) in [7, 11) is 0. The van der Waals surface area contributed by atoms with Gasteiger partial charge in [-0.25, -0.2) is 24.0 Å². The summed E-state index contributed by atoms with van der Waals surface area (Å²) >= 11 is 0. The van der Waals surface area contributed by atoms with E-state index in [4.69, 9.17) is 10.8 Å². The highest BCUT2D eigenvalue weighted by Crippen LogP contribution is 2.42. The molecule has 166 valence electrons. The van der Waals surface area contributed by atoms with Crippen LogP contribution in [0.15, 0.2) is 48.9 Å². The third kappa shape index (κ3) is 3.30. The number of pyridine rings is 1. The van der Waals surface area contributed by atoms with E-state index in [1.54, 1.807) is 36.5 Å². The number of rotatable bonds is 4. The molecule has 4 aromatic rings. The highest BCUT2D eigenvalue weighted by Gasteiger charge is 2.42. The molecule has 1 aliphatic heterocycles. The fourth-order valence-corrected chi connectivity index (χ4v) is 4.98. The quantitative estimate of drug-likeness (QED) is 0.442. The van der Waals surface area contributed by atoms with Gasteiger partial charge in [0, 0.05) is 23.4 Å². The number of anilines is 2. The van der Waals surface area contributed by atoms with Crippen molar-refractivity contribution in [1.29, 1.82) is 0 Å². The van der Waals surface area contributed by atoms with E-state index < -0.39 is 11.7 Å². The first kappa shape index (κ1) is 19.7. The van der Waals surface area contributed by atoms with E-state index in [1.165, 1.54) is 12.4 Å². The van der Waals surface area contributed by atoms with E-state index in [2.05, 4.69) is 25.6 Å². The van der Waals surface area contributed by atoms with Crippen LogP contribution in [0.4, 0.5) is 16.0 Å². The monoisotopic (exact) mass is 444 g/mol. The minimum atomic E-state index is -0.579. The lowest BCUT2D eigenvalue weighted by Crippen LogP contribution is -2.35. The standard InChI is InChI=1S/C23H21FN8O/c24-15-9-13(23(33)30-18-3-1-2-6-26-18)4-5-14(15)20-19-21(25)28-11-29-22(19)32(31-20)17-8-12-7-16(17)27-10-12/h1-6,9,11-12,16-17,27H,7-8,10H2,(H2,25,28,29)(H,26,30,33)/t12-,16-,17?/m1/s1. The van der Waals surface area contributed by atoms with Gasteiger partial charge in [0.05, 0.1) is 11.4 Å². The fourth-order valence-electron chi connectivity index (χ4n) is 4.98. The van der Waals surface area contributed by atoms with Crippen LogP contribution in [0.25, 0.3) is 22.3 Å². The molecule has 1 saturated heterocycles. The second kappa shape index (κ2) is 7.59. The van der Waals surface area contributed by atoms with Crippen LogP contribution in [0.5, 0.6) is 0 Å². The molecule has 9 nitrogen and oxygen atoms in total. The molecule has 10 heteroatoms. The van der Waals surface area contributed by atoms with Crippen molar-refractivity contribution < 1.29 is 9.18 Å². The van der Waals surface area contributed by atoms with Crippen molar-refractivity contribution >= 4 is 28.6 Å². The predicted molar refractivity (Wildman–Crippen MR) is 121 cm³/mol. The summed E-state index contributed by atoms with van der Waals surface area (Å²) < 4.78 is 17.2. The van der Waals surface area contributed by atoms with Crippen molar-refractivity contribution in [1.82, 2.24) is 30.0 Å². The molecule has 6 rings (SSSR count). The zero-order valence-electron chi connectivity index (χ0n) is 17.6. The van der Waals surface area contributed by atoms with Crippen LogP contribution in [0, 0.1) is 11.7 Å². The molecule has 1 saturated carbocycles. The van der Waals surface area contributed by atoms with E-state index in [0.717, 1.165) is 19.4 Å². The molecule has 1 aromatic carbocycles. The lowest BCUT2D eigenvalue weighted by Gasteiger charge is -2.23. The lowest BCUT2D eigenvalue weighted by molar-refractivity contribution is 0.102. The fraction of sp³-hybridized carbons (Fsp3) is 0.261. The van der Waals surface area contributed by atoms with Crippen molar-refractivity contribution in [2.24, 2.45) is 5.92 Å². The van der Waals surface area contributed by atoms with Crippen LogP contribution < -0.4 is 16.4 Å². The summed E-state index contributed by atoms with van der Waals surface area (Å²) in [6.45, 7) is 1.01. The smallest absolute Gasteiger partial charge is 0.256 e. The van der Waals surface area contributed by atoms with E-state index in [0.29, 0.717) is 34.5 Å². The van der Waals surface area contributed by atoms with Crippen molar-refractivity contribution in [2.45, 2.75) is 24.9 Å². The molecular weight excluding hydrogens is 423 g/mol. The van der Waals surface area contributed by atoms with Crippen LogP contribution in [0.2, 0.25) is 0 Å². The minimum absolute atomic E-state index is 0.126. The Labute approximate surface area is 188 Å². The molecule has 3 atom stereocenters. The Bertz CT molecular complexity index is 1370. The number of benzene rings is 1. The number of carbonyl (C=O) groups is 1. The number of nitrogen functional groups attached to an aromatic ring is 1. The zero-order chi connectivity index (χ0) is 22.5. The van der Waals surface area contributed by atoms with E-state index in [-0.39, 0.29) is 23.0 Å². The number of piperidine rings is 1. The molecule has 33 heavy (non-hydrogen) atoms. The number of nitrogens with two attached hydrogens (primary N) is 1. The van der Waals surface area contributed by atoms with Gasteiger partial charge < -0.3 is 16.4 Å². The highest BCUT2D eigenvalue weighted by molar-refractivity contribution is 6.04. The number of halogens is 1. The number of carbonyl (C=O) groups excluding carboxylic acids is 1. The molecule has 4 N–H and O–H groups in total. The van der Waals surface area contributed by atoms with Gasteiger partial charge in [-0.3, -0.25) is 4.79 Å². The SMILES string of the molecule is Nc1ncnc2c1c(-c1ccc(C(=O)Nc3ccccn3)cc1F)nn2C1C[C@@H]2CN[C@@H]1C2. The molecule has 2 fully saturated rings. The van der Waals surface area contributed by atoms with Crippen molar-refractivity contribution in [3.63, 3.8) is 0 Å². The van der Waals surface area contributed by atoms with Crippen LogP contribution in [0.1, 0.15) is 29.2 Å². The maximum Gasteiger partial charge on any atom is 0.256 e. The summed E-state index contributed by atoms with van der Waals surface area (Å²) in [6.07, 6.45) is 5.06. The van der Waals surface area contributed by atoms with Crippen molar-refractivity contribution in [3.05, 3.63) is 60.3 Å². The summed E-state index contributed by atoms with van der Waals surface area (Å²) in [5.41, 5.74) is 7.56. The Morgan fingerprint density at radius 1 is 1.18 bits per heavy atom. The third-order valence-corrected chi connectivity index (χ3v) is 6.52. The second-order valence-electron chi connectivity index (χ2n) is 8.53. The third-order valence-electron chi connectivity index (χ3n) is 6.52. The van der Waals surface area contributed by atoms with Crippen LogP contribution in [-0.4, -0.2) is 43.2 Å². The van der Waals surface area contributed by atoms with E-state index in [1.807, 2.05) is 4.68 Å². The van der Waals surface area contributed by atoms with Gasteiger partial charge in [-0.2, -0.15) is 5.10 Å². The Morgan fingerprint density at radius 2 is 2.09 bits per heavy atom. The molecule has 2 bridgehead atoms. The van der Waals surface area contributed by atoms with Gasteiger partial charge in [-0.1, -0.05) is 6.07 Å². The first-order valence-corrected chi connectivity index (χ1v) is 10.8. The average Bonchev–Trinajstić information content (AvgIpc) is 3.54. The molecular formula is C23H21FN8O. The number of nitrogens with zero attached hydrogens (tertiary/aromatic N) is 5. The zero-order valence-corrected chi connectivity index (χ0v) is 17.6. The number of hydrogen-bond acceptors (Lipinski definition) is 7. The van der Waals surface area contributed by atoms with Gasteiger partial charge in [0.1, 0.15) is 29.5 Å². The Kier molecular flexibility index (Phi) is 4.54. The Morgan fingerprint density at radius 3 is 2.82 bits per heavy atom. The number of fused-ring (bicyclic) bond motifs is 3. The van der Waals surface area contributed by atoms with Gasteiger partial charge in [0.25, 0.3) is 5.91 Å². The van der Waals surface area contributed by atoms with Crippen molar-refractivity contribution in [2.75, 3.05) is 17.6 Å². The second-order valence-corrected chi connectivity index (χ2v) is 8.53. The first-order valence-electron chi connectivity index (χ1n) is 10.8. The number of hydrogen-bond donors (Lipinski definition) is 3. The normalized spacial score (nSPS) is 21.5. The largest absolute Gasteiger partial charge is 0.383 e. The maximum absolute atomic E-state index is 15.3. The minimum Gasteiger partial charge on any atom is -0.383 e. The lowest BCUT2D eigenvalue weighted by atomic mass is 10.1. The number of nitrogens with one attached hydrogen (secondary N) is 2. The first-order chi connectivity index (χ1) is 16.1. The summed E-state index contributed by atoms with van der Waals surface area (Å²) in [4.78, 5) is 25.1. The topological polar surface area (TPSA) is 124 Å². The Balaban J connectivity index is 1.39. The molecule has 3 aromatic heterocycles. The van der Waals surface area contributed by atoms with Crippen LogP contribution in [0.3, 0.4) is 0 Å². The summed E-state index contributed by atoms with van der Waals surface area (Å²) in [5, 5.41) is 11.5. The maximum atomic E-state index is 15.3. The molecule has 1 amide bonds. The summed E-state index contributed by atoms with van der Waals surface area (Å²) in [5.74, 6) is 0.209. The molecule has 1 unspecified atom stereocenters. The number of amides is 1. The van der Waals surface area contributed by atoms with E-state index >= 15 is 4.39 Å². The van der Waals surface area contributed by atoms with Gasteiger partial charge in [-0.15, -0.1) is 0 Å². The molecule has 1 aliphatic carbocycles. The Hall–Kier alpha value is -3.92. The number of aromatic nitrogens is 5. The van der Waals surface area contributed by atoms with E-state index in [9.17, 15) is 4.79 Å². The molecule has 0 radical (unpaired) electrons. The highest BCUT2D eigenvalue weighted by atomic mass is 19.1. The van der Waals surface area contributed by atoms with Gasteiger partial charge >= 0.3 is 0 Å². The van der Waals surface area contributed by atoms with Gasteiger partial charge in [-0.05, 0) is 55.6 Å². The average molecular weight is 444 g/mol. The predicted octanol–water partition coefficient (Wildman–Crippen LogP) is 2.78. The molecule has 4 heterocycles. The molecule has 0 spiro atoms. The van der Waals surface area contributed by atoms with Crippen LogP contribution >= 0.6 is 0 Å². The van der Waals surface area contributed by atoms with Gasteiger partial charge in [0.2, 0.25) is 0 Å². The molecule has 2 aliphatic rings.